The van der Waals surface area contributed by atoms with Gasteiger partial charge in [-0.25, -0.2) is 22.9 Å². The Hall–Kier alpha value is -4.25. The van der Waals surface area contributed by atoms with Gasteiger partial charge in [0.05, 0.1) is 17.1 Å². The van der Waals surface area contributed by atoms with E-state index in [2.05, 4.69) is 10.3 Å². The largest absolute Gasteiger partial charge is 0.494 e. The summed E-state index contributed by atoms with van der Waals surface area (Å²) in [6.07, 6.45) is 2.60. The number of benzene rings is 2. The van der Waals surface area contributed by atoms with Crippen molar-refractivity contribution in [2.75, 3.05) is 13.2 Å². The lowest BCUT2D eigenvalue weighted by atomic mass is 10.1. The fourth-order valence-corrected chi connectivity index (χ4v) is 4.76. The second kappa shape index (κ2) is 14.2. The number of esters is 1. The number of sulfonamides is 1. The van der Waals surface area contributed by atoms with E-state index in [1.54, 1.807) is 36.4 Å². The van der Waals surface area contributed by atoms with Gasteiger partial charge in [-0.1, -0.05) is 26.0 Å². The van der Waals surface area contributed by atoms with Crippen LogP contribution in [0, 0.1) is 0 Å². The number of aromatic nitrogens is 1. The summed E-state index contributed by atoms with van der Waals surface area (Å²) in [7, 11) is -4.19. The van der Waals surface area contributed by atoms with E-state index >= 15 is 0 Å². The highest BCUT2D eigenvalue weighted by Gasteiger charge is 2.21. The predicted molar refractivity (Wildman–Crippen MR) is 149 cm³/mol. The summed E-state index contributed by atoms with van der Waals surface area (Å²) < 4.78 is 38.5. The number of pyridine rings is 1. The highest BCUT2D eigenvalue weighted by molar-refractivity contribution is 7.90. The predicted octanol–water partition coefficient (Wildman–Crippen LogP) is 3.92. The van der Waals surface area contributed by atoms with Gasteiger partial charge in [-0.3, -0.25) is 9.59 Å². The third-order valence-corrected chi connectivity index (χ3v) is 7.31. The van der Waals surface area contributed by atoms with Gasteiger partial charge in [-0.05, 0) is 80.3 Å². The molecule has 212 valence electrons. The minimum absolute atomic E-state index is 0.0219. The van der Waals surface area contributed by atoms with Gasteiger partial charge in [0.1, 0.15) is 17.5 Å². The van der Waals surface area contributed by atoms with Crippen LogP contribution >= 0.6 is 0 Å². The average molecular weight is 568 g/mol. The van der Waals surface area contributed by atoms with Crippen LogP contribution in [0.4, 0.5) is 0 Å². The van der Waals surface area contributed by atoms with Crippen LogP contribution in [-0.4, -0.2) is 50.4 Å². The average Bonchev–Trinajstić information content (AvgIpc) is 2.96. The minimum atomic E-state index is -4.19. The van der Waals surface area contributed by atoms with E-state index < -0.39 is 21.9 Å². The van der Waals surface area contributed by atoms with Crippen molar-refractivity contribution < 1.29 is 32.3 Å². The van der Waals surface area contributed by atoms with Crippen LogP contribution in [0.5, 0.6) is 5.75 Å². The van der Waals surface area contributed by atoms with Crippen LogP contribution in [-0.2, 0) is 21.2 Å². The Bertz CT molecular complexity index is 1420. The SMILES string of the molecule is CCOc1ccc(C(=O)NCCc2cccc(S(=O)(=O)NC(=O)c3ccc(C(=O)OC(CC)CC)nc3)c2)cc1. The molecule has 0 aliphatic carbocycles. The summed E-state index contributed by atoms with van der Waals surface area (Å²) in [5, 5.41) is 2.80. The van der Waals surface area contributed by atoms with Gasteiger partial charge in [0.15, 0.2) is 0 Å². The molecule has 0 aliphatic rings. The molecule has 0 atom stereocenters. The minimum Gasteiger partial charge on any atom is -0.494 e. The molecule has 0 bridgehead atoms. The highest BCUT2D eigenvalue weighted by Crippen LogP contribution is 2.15. The van der Waals surface area contributed by atoms with E-state index in [0.29, 0.717) is 42.7 Å². The van der Waals surface area contributed by atoms with Crippen LogP contribution in [0.1, 0.15) is 70.4 Å². The molecule has 0 saturated carbocycles. The lowest BCUT2D eigenvalue weighted by Crippen LogP contribution is -2.31. The molecule has 10 nitrogen and oxygen atoms in total. The normalized spacial score (nSPS) is 11.1. The molecular formula is C29H33N3O7S. The standard InChI is InChI=1S/C29H33N3O7S/c1-4-23(5-2)39-29(35)26-15-12-22(19-31-26)28(34)32-40(36,37)25-9-7-8-20(18-25)16-17-30-27(33)21-10-13-24(14-11-21)38-6-3/h7-15,18-19,23H,4-6,16-17H2,1-3H3,(H,30,33)(H,32,34). The van der Waals surface area contributed by atoms with Crippen LogP contribution in [0.2, 0.25) is 0 Å². The third kappa shape index (κ3) is 8.37. The molecule has 0 spiro atoms. The lowest BCUT2D eigenvalue weighted by Gasteiger charge is -2.13. The Morgan fingerprint density at radius 2 is 1.60 bits per heavy atom. The van der Waals surface area contributed by atoms with Gasteiger partial charge >= 0.3 is 5.97 Å². The molecule has 0 fully saturated rings. The number of carbonyl (C=O) groups excluding carboxylic acids is 3. The molecule has 0 radical (unpaired) electrons. The first-order valence-corrected chi connectivity index (χ1v) is 14.5. The molecule has 0 aliphatic heterocycles. The zero-order valence-corrected chi connectivity index (χ0v) is 23.5. The Kier molecular flexibility index (Phi) is 10.8. The van der Waals surface area contributed by atoms with Gasteiger partial charge in [0.25, 0.3) is 21.8 Å². The van der Waals surface area contributed by atoms with E-state index in [0.717, 1.165) is 6.20 Å². The van der Waals surface area contributed by atoms with E-state index in [1.165, 1.54) is 24.3 Å². The molecule has 0 saturated heterocycles. The summed E-state index contributed by atoms with van der Waals surface area (Å²) in [4.78, 5) is 41.1. The van der Waals surface area contributed by atoms with Crippen molar-refractivity contribution in [2.24, 2.45) is 0 Å². The number of nitrogens with zero attached hydrogens (tertiary/aromatic N) is 1. The summed E-state index contributed by atoms with van der Waals surface area (Å²) in [5.41, 5.74) is 1.13. The monoisotopic (exact) mass is 567 g/mol. The van der Waals surface area contributed by atoms with E-state index in [-0.39, 0.29) is 34.7 Å². The molecule has 3 aromatic rings. The Morgan fingerprint density at radius 1 is 0.900 bits per heavy atom. The Labute approximate surface area is 234 Å². The molecule has 2 amide bonds. The Balaban J connectivity index is 1.57. The molecule has 11 heteroatoms. The number of carbonyl (C=O) groups is 3. The first kappa shape index (κ1) is 30.3. The fraction of sp³-hybridized carbons (Fsp3) is 0.310. The van der Waals surface area contributed by atoms with E-state index in [1.807, 2.05) is 25.5 Å². The van der Waals surface area contributed by atoms with Crippen molar-refractivity contribution in [3.05, 3.63) is 89.2 Å². The summed E-state index contributed by atoms with van der Waals surface area (Å²) in [6.45, 7) is 6.49. The maximum Gasteiger partial charge on any atom is 0.357 e. The van der Waals surface area contributed by atoms with Gasteiger partial charge in [-0.2, -0.15) is 0 Å². The number of rotatable bonds is 13. The first-order valence-electron chi connectivity index (χ1n) is 13.0. The lowest BCUT2D eigenvalue weighted by molar-refractivity contribution is 0.0277. The van der Waals surface area contributed by atoms with Gasteiger partial charge in [0, 0.05) is 18.3 Å². The number of ether oxygens (including phenoxy) is 2. The second-order valence-electron chi connectivity index (χ2n) is 8.82. The molecule has 40 heavy (non-hydrogen) atoms. The Morgan fingerprint density at radius 3 is 2.23 bits per heavy atom. The van der Waals surface area contributed by atoms with Gasteiger partial charge < -0.3 is 14.8 Å². The molecule has 0 unspecified atom stereocenters. The zero-order chi connectivity index (χ0) is 29.1. The second-order valence-corrected chi connectivity index (χ2v) is 10.5. The summed E-state index contributed by atoms with van der Waals surface area (Å²) >= 11 is 0. The first-order chi connectivity index (χ1) is 19.2. The van der Waals surface area contributed by atoms with Crippen molar-refractivity contribution in [2.45, 2.75) is 51.0 Å². The molecule has 1 heterocycles. The third-order valence-electron chi connectivity index (χ3n) is 5.98. The maximum absolute atomic E-state index is 12.9. The summed E-state index contributed by atoms with van der Waals surface area (Å²) in [5.74, 6) is -1.08. The number of nitrogens with one attached hydrogen (secondary N) is 2. The van der Waals surface area contributed by atoms with Crippen LogP contribution in [0.15, 0.2) is 71.8 Å². The molecule has 2 aromatic carbocycles. The number of amides is 2. The van der Waals surface area contributed by atoms with Crippen LogP contribution in [0.3, 0.4) is 0 Å². The van der Waals surface area contributed by atoms with E-state index in [4.69, 9.17) is 9.47 Å². The van der Waals surface area contributed by atoms with E-state index in [9.17, 15) is 22.8 Å². The van der Waals surface area contributed by atoms with Gasteiger partial charge in [0.2, 0.25) is 0 Å². The van der Waals surface area contributed by atoms with Crippen molar-refractivity contribution in [1.82, 2.24) is 15.0 Å². The molecule has 2 N–H and O–H groups in total. The number of hydrogen-bond donors (Lipinski definition) is 2. The quantitative estimate of drug-likeness (QED) is 0.296. The van der Waals surface area contributed by atoms with Crippen molar-refractivity contribution in [1.29, 1.82) is 0 Å². The molecule has 1 aromatic heterocycles. The van der Waals surface area contributed by atoms with Crippen molar-refractivity contribution >= 4 is 27.8 Å². The zero-order valence-electron chi connectivity index (χ0n) is 22.7. The molecular weight excluding hydrogens is 534 g/mol. The molecule has 3 rings (SSSR count). The highest BCUT2D eigenvalue weighted by atomic mass is 32.2. The maximum atomic E-state index is 12.9. The van der Waals surface area contributed by atoms with Gasteiger partial charge in [-0.15, -0.1) is 0 Å². The van der Waals surface area contributed by atoms with Crippen molar-refractivity contribution in [3.8, 4) is 5.75 Å². The van der Waals surface area contributed by atoms with Crippen molar-refractivity contribution in [3.63, 3.8) is 0 Å². The van der Waals surface area contributed by atoms with Crippen LogP contribution in [0.25, 0.3) is 0 Å². The number of hydrogen-bond acceptors (Lipinski definition) is 8. The fourth-order valence-electron chi connectivity index (χ4n) is 3.72. The topological polar surface area (TPSA) is 141 Å². The summed E-state index contributed by atoms with van der Waals surface area (Å²) in [6, 6.07) is 15.5. The smallest absolute Gasteiger partial charge is 0.357 e. The van der Waals surface area contributed by atoms with Crippen LogP contribution < -0.4 is 14.8 Å².